The molecule has 5 nitrogen and oxygen atoms in total. The van der Waals surface area contributed by atoms with E-state index in [1.54, 1.807) is 30.7 Å². The highest BCUT2D eigenvalue weighted by atomic mass is 16.1. The molecule has 2 aromatic rings. The van der Waals surface area contributed by atoms with E-state index < -0.39 is 5.91 Å². The van der Waals surface area contributed by atoms with Crippen molar-refractivity contribution >= 4 is 17.3 Å². The van der Waals surface area contributed by atoms with Gasteiger partial charge in [-0.1, -0.05) is 0 Å². The van der Waals surface area contributed by atoms with Crippen LogP contribution in [0.15, 0.2) is 42.9 Å². The van der Waals surface area contributed by atoms with E-state index >= 15 is 0 Å². The summed E-state index contributed by atoms with van der Waals surface area (Å²) in [6.07, 6.45) is 5.01. The van der Waals surface area contributed by atoms with Gasteiger partial charge in [-0.3, -0.25) is 14.8 Å². The molecule has 0 bridgehead atoms. The molecular formula is C12H12N4O. The van der Waals surface area contributed by atoms with Gasteiger partial charge in [0.15, 0.2) is 0 Å². The van der Waals surface area contributed by atoms with Crippen LogP contribution in [-0.2, 0) is 0 Å². The number of pyridine rings is 2. The number of nitrogens with two attached hydrogens (primary N) is 1. The summed E-state index contributed by atoms with van der Waals surface area (Å²) < 4.78 is 0. The maximum Gasteiger partial charge on any atom is 0.267 e. The number of carbonyl (C=O) groups is 1. The maximum atomic E-state index is 11.0. The monoisotopic (exact) mass is 228 g/mol. The number of anilines is 2. The lowest BCUT2D eigenvalue weighted by Gasteiger charge is -2.18. The molecule has 17 heavy (non-hydrogen) atoms. The first kappa shape index (κ1) is 11.1. The van der Waals surface area contributed by atoms with Crippen LogP contribution in [0.3, 0.4) is 0 Å². The van der Waals surface area contributed by atoms with Crippen LogP contribution in [0.1, 0.15) is 10.5 Å². The largest absolute Gasteiger partial charge is 0.364 e. The summed E-state index contributed by atoms with van der Waals surface area (Å²) in [5, 5.41) is 0. The van der Waals surface area contributed by atoms with Gasteiger partial charge in [0.25, 0.3) is 5.91 Å². The van der Waals surface area contributed by atoms with Crippen molar-refractivity contribution in [2.75, 3.05) is 11.9 Å². The smallest absolute Gasteiger partial charge is 0.267 e. The van der Waals surface area contributed by atoms with Crippen molar-refractivity contribution in [1.29, 1.82) is 0 Å². The highest BCUT2D eigenvalue weighted by Gasteiger charge is 2.07. The fourth-order valence-corrected chi connectivity index (χ4v) is 1.46. The van der Waals surface area contributed by atoms with Crippen molar-refractivity contribution in [1.82, 2.24) is 9.97 Å². The lowest BCUT2D eigenvalue weighted by molar-refractivity contribution is 0.0995. The second-order valence-corrected chi connectivity index (χ2v) is 3.53. The Bertz CT molecular complexity index is 527. The van der Waals surface area contributed by atoms with Crippen molar-refractivity contribution in [3.63, 3.8) is 0 Å². The van der Waals surface area contributed by atoms with E-state index in [1.807, 2.05) is 24.1 Å². The number of hydrogen-bond acceptors (Lipinski definition) is 4. The lowest BCUT2D eigenvalue weighted by atomic mass is 10.2. The van der Waals surface area contributed by atoms with Gasteiger partial charge in [-0.2, -0.15) is 0 Å². The average molecular weight is 228 g/mol. The lowest BCUT2D eigenvalue weighted by Crippen LogP contribution is -2.15. The molecule has 1 amide bonds. The zero-order valence-electron chi connectivity index (χ0n) is 9.37. The van der Waals surface area contributed by atoms with E-state index in [1.165, 1.54) is 0 Å². The Balaban J connectivity index is 2.34. The minimum Gasteiger partial charge on any atom is -0.364 e. The van der Waals surface area contributed by atoms with Crippen LogP contribution in [0.2, 0.25) is 0 Å². The Morgan fingerprint density at radius 3 is 2.76 bits per heavy atom. The van der Waals surface area contributed by atoms with Crippen LogP contribution >= 0.6 is 0 Å². The molecule has 0 spiro atoms. The summed E-state index contributed by atoms with van der Waals surface area (Å²) in [5.74, 6) is -0.536. The van der Waals surface area contributed by atoms with Gasteiger partial charge in [0.1, 0.15) is 5.69 Å². The summed E-state index contributed by atoms with van der Waals surface area (Å²) >= 11 is 0. The molecule has 2 N–H and O–H groups in total. The Morgan fingerprint density at radius 2 is 2.12 bits per heavy atom. The van der Waals surface area contributed by atoms with Gasteiger partial charge in [-0.15, -0.1) is 0 Å². The van der Waals surface area contributed by atoms with Crippen LogP contribution < -0.4 is 10.6 Å². The molecular weight excluding hydrogens is 216 g/mol. The molecule has 0 radical (unpaired) electrons. The Labute approximate surface area is 98.9 Å². The summed E-state index contributed by atoms with van der Waals surface area (Å²) in [4.78, 5) is 20.9. The van der Waals surface area contributed by atoms with Gasteiger partial charge >= 0.3 is 0 Å². The number of nitrogens with zero attached hydrogens (tertiary/aromatic N) is 3. The maximum absolute atomic E-state index is 11.0. The Hall–Kier alpha value is -2.43. The molecule has 0 fully saturated rings. The Kier molecular flexibility index (Phi) is 3.00. The zero-order valence-corrected chi connectivity index (χ0v) is 9.37. The molecule has 0 aliphatic heterocycles. The van der Waals surface area contributed by atoms with E-state index in [0.29, 0.717) is 0 Å². The van der Waals surface area contributed by atoms with Crippen molar-refractivity contribution < 1.29 is 4.79 Å². The third kappa shape index (κ3) is 2.39. The first-order valence-corrected chi connectivity index (χ1v) is 5.08. The van der Waals surface area contributed by atoms with E-state index in [9.17, 15) is 4.79 Å². The van der Waals surface area contributed by atoms with Crippen molar-refractivity contribution in [3.05, 3.63) is 48.5 Å². The number of rotatable bonds is 3. The minimum absolute atomic E-state index is 0.248. The summed E-state index contributed by atoms with van der Waals surface area (Å²) in [7, 11) is 1.89. The average Bonchev–Trinajstić information content (AvgIpc) is 2.39. The van der Waals surface area contributed by atoms with Crippen molar-refractivity contribution in [2.45, 2.75) is 0 Å². The van der Waals surface area contributed by atoms with Crippen molar-refractivity contribution in [2.24, 2.45) is 5.73 Å². The number of amides is 1. The first-order valence-electron chi connectivity index (χ1n) is 5.08. The fraction of sp³-hybridized carbons (Fsp3) is 0.0833. The van der Waals surface area contributed by atoms with Crippen LogP contribution in [0.4, 0.5) is 11.4 Å². The number of primary amides is 1. The minimum atomic E-state index is -0.536. The molecule has 2 rings (SSSR count). The van der Waals surface area contributed by atoms with E-state index in [2.05, 4.69) is 9.97 Å². The number of aromatic nitrogens is 2. The molecule has 2 heterocycles. The molecule has 0 saturated carbocycles. The van der Waals surface area contributed by atoms with E-state index in [4.69, 9.17) is 5.73 Å². The molecule has 0 unspecified atom stereocenters. The zero-order chi connectivity index (χ0) is 12.3. The molecule has 5 heteroatoms. The summed E-state index contributed by atoms with van der Waals surface area (Å²) in [6.45, 7) is 0. The van der Waals surface area contributed by atoms with Gasteiger partial charge in [0.05, 0.1) is 11.9 Å². The highest BCUT2D eigenvalue weighted by Crippen LogP contribution is 2.22. The van der Waals surface area contributed by atoms with Gasteiger partial charge in [0, 0.05) is 25.1 Å². The SMILES string of the molecule is CN(c1cccnc1)c1ccnc(C(N)=O)c1. The summed E-state index contributed by atoms with van der Waals surface area (Å²) in [5.41, 5.74) is 7.20. The quantitative estimate of drug-likeness (QED) is 0.860. The van der Waals surface area contributed by atoms with Gasteiger partial charge < -0.3 is 10.6 Å². The molecule has 0 aliphatic carbocycles. The topological polar surface area (TPSA) is 72.1 Å². The molecule has 0 atom stereocenters. The van der Waals surface area contributed by atoms with Crippen molar-refractivity contribution in [3.8, 4) is 0 Å². The molecule has 2 aromatic heterocycles. The predicted octanol–water partition coefficient (Wildman–Crippen LogP) is 1.34. The van der Waals surface area contributed by atoms with E-state index in [0.717, 1.165) is 11.4 Å². The standard InChI is InChI=1S/C12H12N4O/c1-16(10-3-2-5-14-8-10)9-4-6-15-11(7-9)12(13)17/h2-8H,1H3,(H2,13,17). The predicted molar refractivity (Wildman–Crippen MR) is 65.1 cm³/mol. The summed E-state index contributed by atoms with van der Waals surface area (Å²) in [6, 6.07) is 7.23. The van der Waals surface area contributed by atoms with Crippen LogP contribution in [0.25, 0.3) is 0 Å². The Morgan fingerprint density at radius 1 is 1.29 bits per heavy atom. The number of hydrogen-bond donors (Lipinski definition) is 1. The second kappa shape index (κ2) is 4.61. The highest BCUT2D eigenvalue weighted by molar-refractivity contribution is 5.91. The van der Waals surface area contributed by atoms with Crippen LogP contribution in [0, 0.1) is 0 Å². The second-order valence-electron chi connectivity index (χ2n) is 3.53. The van der Waals surface area contributed by atoms with Gasteiger partial charge in [-0.05, 0) is 24.3 Å². The normalized spacial score (nSPS) is 9.94. The first-order chi connectivity index (χ1) is 8.18. The molecule has 0 aliphatic rings. The van der Waals surface area contributed by atoms with E-state index in [-0.39, 0.29) is 5.69 Å². The molecule has 0 aromatic carbocycles. The van der Waals surface area contributed by atoms with Crippen LogP contribution in [0.5, 0.6) is 0 Å². The van der Waals surface area contributed by atoms with Gasteiger partial charge in [-0.25, -0.2) is 0 Å². The fourth-order valence-electron chi connectivity index (χ4n) is 1.46. The van der Waals surface area contributed by atoms with Gasteiger partial charge in [0.2, 0.25) is 0 Å². The molecule has 86 valence electrons. The number of carbonyl (C=O) groups excluding carboxylic acids is 1. The third-order valence-electron chi connectivity index (χ3n) is 2.42. The van der Waals surface area contributed by atoms with Crippen LogP contribution in [-0.4, -0.2) is 22.9 Å². The molecule has 0 saturated heterocycles. The third-order valence-corrected chi connectivity index (χ3v) is 2.42.